The summed E-state index contributed by atoms with van der Waals surface area (Å²) in [6.07, 6.45) is 1.33. The van der Waals surface area contributed by atoms with Gasteiger partial charge < -0.3 is 14.2 Å². The third-order valence-electron chi connectivity index (χ3n) is 4.94. The van der Waals surface area contributed by atoms with Gasteiger partial charge in [0.1, 0.15) is 11.6 Å². The van der Waals surface area contributed by atoms with Gasteiger partial charge >= 0.3 is 11.9 Å². The van der Waals surface area contributed by atoms with E-state index in [2.05, 4.69) is 0 Å². The molecule has 0 saturated carbocycles. The smallest absolute Gasteiger partial charge is 0.348 e. The van der Waals surface area contributed by atoms with Crippen molar-refractivity contribution in [2.75, 3.05) is 13.7 Å². The normalized spacial score (nSPS) is 10.6. The average molecular weight is 483 g/mol. The Labute approximate surface area is 207 Å². The molecule has 0 spiro atoms. The van der Waals surface area contributed by atoms with Gasteiger partial charge in [-0.3, -0.25) is 9.59 Å². The van der Waals surface area contributed by atoms with Crippen molar-refractivity contribution in [3.63, 3.8) is 0 Å². The van der Waals surface area contributed by atoms with Gasteiger partial charge in [-0.25, -0.2) is 9.59 Å². The Bertz CT molecular complexity index is 1370. The molecular formula is C28H21NO7. The van der Waals surface area contributed by atoms with Crippen molar-refractivity contribution in [1.82, 2.24) is 0 Å². The summed E-state index contributed by atoms with van der Waals surface area (Å²) in [5.41, 5.74) is 0.842. The molecule has 0 aliphatic heterocycles. The zero-order chi connectivity index (χ0) is 26.1. The van der Waals surface area contributed by atoms with Crippen LogP contribution in [0.25, 0.3) is 6.08 Å². The zero-order valence-electron chi connectivity index (χ0n) is 19.5. The van der Waals surface area contributed by atoms with Crippen LogP contribution < -0.4 is 9.47 Å². The van der Waals surface area contributed by atoms with Crippen molar-refractivity contribution in [3.8, 4) is 17.6 Å². The number of Topliss-reactive ketones (excluding diaryl/α,β-unsaturated/α-hetero) is 2. The Balaban J connectivity index is 1.75. The summed E-state index contributed by atoms with van der Waals surface area (Å²) in [6.45, 7) is 1.77. The van der Waals surface area contributed by atoms with E-state index in [1.165, 1.54) is 49.6 Å². The number of esters is 2. The molecule has 0 radical (unpaired) electrons. The van der Waals surface area contributed by atoms with E-state index in [0.29, 0.717) is 5.56 Å². The number of hydrogen-bond acceptors (Lipinski definition) is 8. The topological polar surface area (TPSA) is 120 Å². The predicted octanol–water partition coefficient (Wildman–Crippen LogP) is 4.45. The number of ketones is 2. The molecule has 0 aliphatic rings. The standard InChI is InChI=1S/C28H21NO7/c1-3-35-27(32)22(17-29)15-18-9-14-23(24(16-18)34-2)36-28(33)21-12-10-20(11-13-21)26(31)25(30)19-7-5-4-6-8-19/h4-16H,3H2,1-2H3/b22-15+. The summed E-state index contributed by atoms with van der Waals surface area (Å²) >= 11 is 0. The molecule has 8 heteroatoms. The molecule has 0 heterocycles. The number of methoxy groups -OCH3 is 1. The molecular weight excluding hydrogens is 462 g/mol. The zero-order valence-corrected chi connectivity index (χ0v) is 19.5. The van der Waals surface area contributed by atoms with Crippen LogP contribution in [0.2, 0.25) is 0 Å². The molecule has 8 nitrogen and oxygen atoms in total. The first-order chi connectivity index (χ1) is 17.4. The van der Waals surface area contributed by atoms with E-state index in [1.807, 2.05) is 0 Å². The van der Waals surface area contributed by atoms with Gasteiger partial charge in [0.05, 0.1) is 19.3 Å². The van der Waals surface area contributed by atoms with E-state index < -0.39 is 23.5 Å². The highest BCUT2D eigenvalue weighted by atomic mass is 16.6. The van der Waals surface area contributed by atoms with E-state index in [9.17, 15) is 24.4 Å². The first kappa shape index (κ1) is 25.6. The maximum absolute atomic E-state index is 12.6. The van der Waals surface area contributed by atoms with Gasteiger partial charge in [-0.05, 0) is 42.8 Å². The fraction of sp³-hybridized carbons (Fsp3) is 0.107. The number of nitrogens with zero attached hydrogens (tertiary/aromatic N) is 1. The lowest BCUT2D eigenvalue weighted by atomic mass is 10.0. The second-order valence-electron chi connectivity index (χ2n) is 7.29. The van der Waals surface area contributed by atoms with Gasteiger partial charge in [0, 0.05) is 11.1 Å². The van der Waals surface area contributed by atoms with Crippen LogP contribution >= 0.6 is 0 Å². The summed E-state index contributed by atoms with van der Waals surface area (Å²) in [5, 5.41) is 9.19. The van der Waals surface area contributed by atoms with E-state index >= 15 is 0 Å². The highest BCUT2D eigenvalue weighted by Gasteiger charge is 2.19. The second-order valence-corrected chi connectivity index (χ2v) is 7.29. The van der Waals surface area contributed by atoms with Crippen molar-refractivity contribution in [3.05, 3.63) is 101 Å². The van der Waals surface area contributed by atoms with Gasteiger partial charge in [-0.2, -0.15) is 5.26 Å². The van der Waals surface area contributed by atoms with Gasteiger partial charge in [-0.1, -0.05) is 48.5 Å². The summed E-state index contributed by atoms with van der Waals surface area (Å²) in [4.78, 5) is 49.3. The van der Waals surface area contributed by atoms with Crippen LogP contribution in [0.15, 0.2) is 78.4 Å². The fourth-order valence-corrected chi connectivity index (χ4v) is 3.14. The Morgan fingerprint density at radius 3 is 2.03 bits per heavy atom. The number of carbonyl (C=O) groups excluding carboxylic acids is 4. The molecule has 0 aliphatic carbocycles. The third-order valence-corrected chi connectivity index (χ3v) is 4.94. The molecule has 0 atom stereocenters. The highest BCUT2D eigenvalue weighted by Crippen LogP contribution is 2.30. The van der Waals surface area contributed by atoms with Crippen LogP contribution in [-0.4, -0.2) is 37.2 Å². The lowest BCUT2D eigenvalue weighted by Crippen LogP contribution is -2.15. The molecule has 0 fully saturated rings. The second kappa shape index (κ2) is 11.9. The Morgan fingerprint density at radius 1 is 0.833 bits per heavy atom. The molecule has 0 bridgehead atoms. The number of rotatable bonds is 9. The maximum atomic E-state index is 12.6. The largest absolute Gasteiger partial charge is 0.493 e. The monoisotopic (exact) mass is 483 g/mol. The van der Waals surface area contributed by atoms with Crippen molar-refractivity contribution in [2.24, 2.45) is 0 Å². The third kappa shape index (κ3) is 6.10. The van der Waals surface area contributed by atoms with Gasteiger partial charge in [0.2, 0.25) is 11.6 Å². The Hall–Kier alpha value is -5.03. The number of ether oxygens (including phenoxy) is 3. The minimum absolute atomic E-state index is 0.105. The lowest BCUT2D eigenvalue weighted by Gasteiger charge is -2.10. The van der Waals surface area contributed by atoms with Gasteiger partial charge in [0.15, 0.2) is 11.5 Å². The number of carbonyl (C=O) groups is 4. The van der Waals surface area contributed by atoms with Crippen molar-refractivity contribution in [2.45, 2.75) is 6.92 Å². The molecule has 3 aromatic rings. The average Bonchev–Trinajstić information content (AvgIpc) is 2.92. The van der Waals surface area contributed by atoms with Crippen molar-refractivity contribution >= 4 is 29.6 Å². The first-order valence-electron chi connectivity index (χ1n) is 10.8. The van der Waals surface area contributed by atoms with Crippen LogP contribution in [0.5, 0.6) is 11.5 Å². The molecule has 0 unspecified atom stereocenters. The molecule has 0 aromatic heterocycles. The van der Waals surface area contributed by atoms with E-state index in [4.69, 9.17) is 14.2 Å². The van der Waals surface area contributed by atoms with E-state index in [1.54, 1.807) is 49.4 Å². The minimum Gasteiger partial charge on any atom is -0.493 e. The van der Waals surface area contributed by atoms with Crippen LogP contribution in [-0.2, 0) is 9.53 Å². The SMILES string of the molecule is CCOC(=O)/C(C#N)=C/c1ccc(OC(=O)c2ccc(C(=O)C(=O)c3ccccc3)cc2)c(OC)c1. The maximum Gasteiger partial charge on any atom is 0.348 e. The minimum atomic E-state index is -0.748. The van der Waals surface area contributed by atoms with E-state index in [-0.39, 0.29) is 40.4 Å². The van der Waals surface area contributed by atoms with Crippen LogP contribution in [0.4, 0.5) is 0 Å². The Kier molecular flexibility index (Phi) is 8.46. The van der Waals surface area contributed by atoms with E-state index in [0.717, 1.165) is 0 Å². The fourth-order valence-electron chi connectivity index (χ4n) is 3.14. The van der Waals surface area contributed by atoms with Crippen LogP contribution in [0.1, 0.15) is 43.6 Å². The Morgan fingerprint density at radius 2 is 1.44 bits per heavy atom. The summed E-state index contributed by atoms with van der Waals surface area (Å²) in [5.74, 6) is -2.50. The first-order valence-corrected chi connectivity index (χ1v) is 10.8. The molecule has 0 N–H and O–H groups in total. The number of nitriles is 1. The molecule has 0 amide bonds. The molecule has 36 heavy (non-hydrogen) atoms. The number of benzene rings is 3. The van der Waals surface area contributed by atoms with Crippen LogP contribution in [0.3, 0.4) is 0 Å². The molecule has 3 rings (SSSR count). The quantitative estimate of drug-likeness (QED) is 0.109. The lowest BCUT2D eigenvalue weighted by molar-refractivity contribution is -0.137. The number of hydrogen-bond donors (Lipinski definition) is 0. The van der Waals surface area contributed by atoms with Gasteiger partial charge in [0.25, 0.3) is 0 Å². The summed E-state index contributed by atoms with van der Waals surface area (Å²) in [6, 6.07) is 20.0. The summed E-state index contributed by atoms with van der Waals surface area (Å²) < 4.78 is 15.5. The van der Waals surface area contributed by atoms with Crippen LogP contribution in [0, 0.1) is 11.3 Å². The van der Waals surface area contributed by atoms with Crippen molar-refractivity contribution in [1.29, 1.82) is 5.26 Å². The highest BCUT2D eigenvalue weighted by molar-refractivity contribution is 6.49. The summed E-state index contributed by atoms with van der Waals surface area (Å²) in [7, 11) is 1.38. The van der Waals surface area contributed by atoms with Gasteiger partial charge in [-0.15, -0.1) is 0 Å². The predicted molar refractivity (Wildman–Crippen MR) is 130 cm³/mol. The molecule has 0 saturated heterocycles. The molecule has 3 aromatic carbocycles. The molecule has 180 valence electrons. The van der Waals surface area contributed by atoms with Crippen molar-refractivity contribution < 1.29 is 33.4 Å².